The Morgan fingerprint density at radius 1 is 1.37 bits per heavy atom. The van der Waals surface area contributed by atoms with E-state index in [9.17, 15) is 8.78 Å². The number of nitrogens with zero attached hydrogens (tertiary/aromatic N) is 1. The second kappa shape index (κ2) is 6.48. The first-order chi connectivity index (χ1) is 8.86. The molecule has 104 valence electrons. The van der Waals surface area contributed by atoms with Crippen LogP contribution >= 0.6 is 0 Å². The van der Waals surface area contributed by atoms with Gasteiger partial charge in [-0.2, -0.15) is 5.26 Å². The normalized spacial score (nSPS) is 13.9. The molecule has 0 heterocycles. The van der Waals surface area contributed by atoms with E-state index >= 15 is 0 Å². The number of hydrogen-bond acceptors (Lipinski definition) is 3. The van der Waals surface area contributed by atoms with Gasteiger partial charge in [0, 0.05) is 18.5 Å². The van der Waals surface area contributed by atoms with Crippen LogP contribution in [-0.2, 0) is 0 Å². The van der Waals surface area contributed by atoms with Crippen molar-refractivity contribution in [2.75, 3.05) is 6.61 Å². The number of hydrogen-bond donors (Lipinski definition) is 1. The summed E-state index contributed by atoms with van der Waals surface area (Å²) >= 11 is 0. The summed E-state index contributed by atoms with van der Waals surface area (Å²) in [5.41, 5.74) is -0.702. The van der Waals surface area contributed by atoms with Crippen molar-refractivity contribution in [3.63, 3.8) is 0 Å². The summed E-state index contributed by atoms with van der Waals surface area (Å²) < 4.78 is 31.0. The van der Waals surface area contributed by atoms with Gasteiger partial charge in [0.1, 0.15) is 11.3 Å². The van der Waals surface area contributed by atoms with E-state index < -0.39 is 17.2 Å². The zero-order valence-electron chi connectivity index (χ0n) is 11.3. The van der Waals surface area contributed by atoms with Crippen LogP contribution < -0.4 is 10.1 Å². The minimum absolute atomic E-state index is 0.174. The Bertz CT molecular complexity index is 471. The van der Waals surface area contributed by atoms with E-state index in [1.807, 2.05) is 13.8 Å². The van der Waals surface area contributed by atoms with Gasteiger partial charge in [-0.25, -0.2) is 8.78 Å². The van der Waals surface area contributed by atoms with E-state index in [0.29, 0.717) is 6.42 Å². The fourth-order valence-electron chi connectivity index (χ4n) is 1.74. The molecular formula is C14H18F2N2O. The van der Waals surface area contributed by atoms with E-state index in [4.69, 9.17) is 10.00 Å². The van der Waals surface area contributed by atoms with Crippen molar-refractivity contribution >= 4 is 0 Å². The van der Waals surface area contributed by atoms with Gasteiger partial charge in [0.15, 0.2) is 11.6 Å². The third-order valence-corrected chi connectivity index (χ3v) is 2.62. The molecule has 1 aromatic carbocycles. The van der Waals surface area contributed by atoms with Gasteiger partial charge in [-0.05, 0) is 32.9 Å². The molecule has 0 spiro atoms. The van der Waals surface area contributed by atoms with Gasteiger partial charge < -0.3 is 4.74 Å². The Morgan fingerprint density at radius 3 is 2.58 bits per heavy atom. The molecule has 1 unspecified atom stereocenters. The van der Waals surface area contributed by atoms with Crippen LogP contribution in [0.2, 0.25) is 0 Å². The fraction of sp³-hybridized carbons (Fsp3) is 0.500. The molecule has 1 atom stereocenters. The average molecular weight is 268 g/mol. The van der Waals surface area contributed by atoms with Crippen molar-refractivity contribution in [1.29, 1.82) is 5.26 Å². The quantitative estimate of drug-likeness (QED) is 0.862. The molecule has 0 radical (unpaired) electrons. The summed E-state index contributed by atoms with van der Waals surface area (Å²) in [5.74, 6) is -1.60. The largest absolute Gasteiger partial charge is 0.493 e. The number of benzene rings is 1. The van der Waals surface area contributed by atoms with Gasteiger partial charge in [0.25, 0.3) is 0 Å². The number of nitrogens with one attached hydrogen (secondary N) is 1. The summed E-state index contributed by atoms with van der Waals surface area (Å²) in [6.45, 7) is 5.92. The first-order valence-corrected chi connectivity index (χ1v) is 6.13. The van der Waals surface area contributed by atoms with Crippen LogP contribution in [0.1, 0.15) is 27.2 Å². The Balaban J connectivity index is 2.53. The smallest absolute Gasteiger partial charge is 0.162 e. The molecule has 1 aromatic rings. The highest BCUT2D eigenvalue weighted by Gasteiger charge is 2.24. The average Bonchev–Trinajstić information content (AvgIpc) is 2.33. The first kappa shape index (κ1) is 15.4. The molecule has 3 nitrogen and oxygen atoms in total. The second-order valence-corrected chi connectivity index (χ2v) is 4.92. The lowest BCUT2D eigenvalue weighted by Crippen LogP contribution is -2.45. The van der Waals surface area contributed by atoms with Crippen LogP contribution in [0, 0.1) is 23.0 Å². The monoisotopic (exact) mass is 268 g/mol. The van der Waals surface area contributed by atoms with Crippen LogP contribution in [0.5, 0.6) is 5.75 Å². The molecule has 0 aliphatic rings. The molecule has 0 aliphatic heterocycles. The van der Waals surface area contributed by atoms with Crippen molar-refractivity contribution < 1.29 is 13.5 Å². The van der Waals surface area contributed by atoms with Crippen LogP contribution in [0.25, 0.3) is 0 Å². The van der Waals surface area contributed by atoms with Crippen LogP contribution in [0.3, 0.4) is 0 Å². The molecule has 0 saturated heterocycles. The number of nitriles is 1. The summed E-state index contributed by atoms with van der Waals surface area (Å²) in [6.07, 6.45) is 0.445. The zero-order valence-corrected chi connectivity index (χ0v) is 11.3. The highest BCUT2D eigenvalue weighted by molar-refractivity contribution is 5.23. The van der Waals surface area contributed by atoms with Gasteiger partial charge in [-0.15, -0.1) is 0 Å². The third kappa shape index (κ3) is 4.84. The van der Waals surface area contributed by atoms with Crippen LogP contribution in [-0.4, -0.2) is 18.2 Å². The predicted octanol–water partition coefficient (Wildman–Crippen LogP) is 3.01. The SMILES string of the molecule is CC(C)NC(C)(C#N)CCOc1ccc(F)c(F)c1. The van der Waals surface area contributed by atoms with Crippen molar-refractivity contribution in [1.82, 2.24) is 5.32 Å². The first-order valence-electron chi connectivity index (χ1n) is 6.13. The van der Waals surface area contributed by atoms with Gasteiger partial charge in [-0.3, -0.25) is 5.32 Å². The molecule has 0 bridgehead atoms. The van der Waals surface area contributed by atoms with Crippen molar-refractivity contribution in [3.05, 3.63) is 29.8 Å². The Kier molecular flexibility index (Phi) is 5.25. The minimum Gasteiger partial charge on any atom is -0.493 e. The van der Waals surface area contributed by atoms with E-state index in [-0.39, 0.29) is 18.4 Å². The lowest BCUT2D eigenvalue weighted by Gasteiger charge is -2.25. The maximum Gasteiger partial charge on any atom is 0.162 e. The maximum atomic E-state index is 13.0. The van der Waals surface area contributed by atoms with Crippen molar-refractivity contribution in [3.8, 4) is 11.8 Å². The molecule has 5 heteroatoms. The minimum atomic E-state index is -0.944. The molecule has 1 N–H and O–H groups in total. The molecule has 1 rings (SSSR count). The van der Waals surface area contributed by atoms with Gasteiger partial charge in [0.05, 0.1) is 12.7 Å². The summed E-state index contributed by atoms with van der Waals surface area (Å²) in [5, 5.41) is 12.3. The molecule has 0 aromatic heterocycles. The second-order valence-electron chi connectivity index (χ2n) is 4.92. The molecule has 19 heavy (non-hydrogen) atoms. The fourth-order valence-corrected chi connectivity index (χ4v) is 1.74. The van der Waals surface area contributed by atoms with Crippen LogP contribution in [0.15, 0.2) is 18.2 Å². The summed E-state index contributed by atoms with van der Waals surface area (Å²) in [4.78, 5) is 0. The van der Waals surface area contributed by atoms with Crippen LogP contribution in [0.4, 0.5) is 8.78 Å². The lowest BCUT2D eigenvalue weighted by molar-refractivity contribution is 0.258. The highest BCUT2D eigenvalue weighted by Crippen LogP contribution is 2.17. The zero-order chi connectivity index (χ0) is 14.5. The molecule has 0 saturated carbocycles. The lowest BCUT2D eigenvalue weighted by atomic mass is 9.99. The number of halogens is 2. The van der Waals surface area contributed by atoms with Gasteiger partial charge >= 0.3 is 0 Å². The van der Waals surface area contributed by atoms with E-state index in [1.165, 1.54) is 6.07 Å². The Labute approximate surface area is 112 Å². The Morgan fingerprint density at radius 2 is 2.05 bits per heavy atom. The predicted molar refractivity (Wildman–Crippen MR) is 68.8 cm³/mol. The van der Waals surface area contributed by atoms with E-state index in [2.05, 4.69) is 11.4 Å². The highest BCUT2D eigenvalue weighted by atomic mass is 19.2. The van der Waals surface area contributed by atoms with Gasteiger partial charge in [0.2, 0.25) is 0 Å². The third-order valence-electron chi connectivity index (χ3n) is 2.62. The standard InChI is InChI=1S/C14H18F2N2O/c1-10(2)18-14(3,9-17)6-7-19-11-4-5-12(15)13(16)8-11/h4-5,8,10,18H,6-7H2,1-3H3. The summed E-state index contributed by atoms with van der Waals surface area (Å²) in [6, 6.07) is 5.73. The number of rotatable bonds is 6. The van der Waals surface area contributed by atoms with Gasteiger partial charge in [-0.1, -0.05) is 0 Å². The number of ether oxygens (including phenoxy) is 1. The van der Waals surface area contributed by atoms with E-state index in [0.717, 1.165) is 12.1 Å². The molecule has 0 fully saturated rings. The Hall–Kier alpha value is -1.67. The summed E-state index contributed by atoms with van der Waals surface area (Å²) in [7, 11) is 0. The van der Waals surface area contributed by atoms with E-state index in [1.54, 1.807) is 6.92 Å². The molecule has 0 amide bonds. The van der Waals surface area contributed by atoms with Crippen molar-refractivity contribution in [2.24, 2.45) is 0 Å². The maximum absolute atomic E-state index is 13.0. The van der Waals surface area contributed by atoms with Crippen molar-refractivity contribution in [2.45, 2.75) is 38.8 Å². The molecular weight excluding hydrogens is 250 g/mol. The molecule has 0 aliphatic carbocycles. The topological polar surface area (TPSA) is 45.0 Å².